The minimum atomic E-state index is -0.580. The lowest BCUT2D eigenvalue weighted by Crippen LogP contribution is -2.47. The van der Waals surface area contributed by atoms with Crippen LogP contribution >= 0.6 is 0 Å². The highest BCUT2D eigenvalue weighted by atomic mass is 16.5. The Hall–Kier alpha value is -2.55. The summed E-state index contributed by atoms with van der Waals surface area (Å²) < 4.78 is 0. The Morgan fingerprint density at radius 3 is 2.79 bits per heavy atom. The summed E-state index contributed by atoms with van der Waals surface area (Å²) in [7, 11) is 0. The molecule has 2 heterocycles. The maximum absolute atomic E-state index is 13.1. The highest BCUT2D eigenvalue weighted by Crippen LogP contribution is 2.32. The molecular formula is C19H27N5O4. The van der Waals surface area contributed by atoms with Gasteiger partial charge in [0.15, 0.2) is 5.82 Å². The van der Waals surface area contributed by atoms with Gasteiger partial charge in [-0.1, -0.05) is 19.3 Å². The fourth-order valence-electron chi connectivity index (χ4n) is 3.89. The number of hydrogen-bond donors (Lipinski definition) is 2. The Bertz CT molecular complexity index is 682. The Kier molecular flexibility index (Phi) is 6.91. The monoisotopic (exact) mass is 389 g/mol. The molecule has 3 rings (SSSR count). The van der Waals surface area contributed by atoms with E-state index in [0.29, 0.717) is 42.6 Å². The number of likely N-dealkylation sites (tertiary alicyclic amines) is 1. The smallest absolute Gasteiger partial charge is 0.248 e. The van der Waals surface area contributed by atoms with E-state index in [0.717, 1.165) is 12.8 Å². The predicted molar refractivity (Wildman–Crippen MR) is 100 cm³/mol. The summed E-state index contributed by atoms with van der Waals surface area (Å²) in [5.41, 5.74) is 0. The number of rotatable bonds is 9. The van der Waals surface area contributed by atoms with Crippen LogP contribution in [-0.2, 0) is 14.4 Å². The number of nitrogens with one attached hydrogen (secondary N) is 1. The molecule has 0 bridgehead atoms. The molecule has 3 amide bonds. The third-order valence-electron chi connectivity index (χ3n) is 5.68. The summed E-state index contributed by atoms with van der Waals surface area (Å²) in [5.74, 6) is -0.0260. The van der Waals surface area contributed by atoms with Crippen LogP contribution in [0, 0.1) is 11.8 Å². The molecule has 1 aromatic heterocycles. The van der Waals surface area contributed by atoms with Crippen LogP contribution < -0.4 is 5.32 Å². The van der Waals surface area contributed by atoms with Crippen molar-refractivity contribution in [2.24, 2.45) is 11.8 Å². The molecule has 9 nitrogen and oxygen atoms in total. The summed E-state index contributed by atoms with van der Waals surface area (Å²) >= 11 is 0. The minimum Gasteiger partial charge on any atom is -0.330 e. The number of amides is 3. The van der Waals surface area contributed by atoms with Crippen LogP contribution in [0.2, 0.25) is 0 Å². The standard InChI is InChI=1S/C19H27N5O4/c25-13-23(28)12-15(7-6-14-3-1-4-14)19(27)24-10-2-5-16(24)18(26)22-17-11-20-8-9-21-17/h8-9,11,13-16,28H,1-7,10,12H2,(H,21,22,26)/t15-,16+/m1/s1. The molecule has 1 saturated carbocycles. The molecule has 0 spiro atoms. The van der Waals surface area contributed by atoms with Crippen molar-refractivity contribution >= 4 is 24.0 Å². The lowest BCUT2D eigenvalue weighted by Gasteiger charge is -2.31. The number of nitrogens with zero attached hydrogens (tertiary/aromatic N) is 4. The molecular weight excluding hydrogens is 362 g/mol. The van der Waals surface area contributed by atoms with E-state index >= 15 is 0 Å². The Morgan fingerprint density at radius 2 is 2.14 bits per heavy atom. The summed E-state index contributed by atoms with van der Waals surface area (Å²) in [6.07, 6.45) is 11.1. The maximum Gasteiger partial charge on any atom is 0.248 e. The lowest BCUT2D eigenvalue weighted by atomic mass is 9.80. The first-order valence-electron chi connectivity index (χ1n) is 9.86. The van der Waals surface area contributed by atoms with Crippen LogP contribution in [0.15, 0.2) is 18.6 Å². The second kappa shape index (κ2) is 9.59. The molecule has 1 aromatic rings. The van der Waals surface area contributed by atoms with Crippen molar-refractivity contribution in [2.75, 3.05) is 18.4 Å². The molecule has 1 aliphatic carbocycles. The molecule has 2 aliphatic rings. The van der Waals surface area contributed by atoms with Gasteiger partial charge in [0, 0.05) is 18.9 Å². The van der Waals surface area contributed by atoms with Gasteiger partial charge in [0.25, 0.3) is 0 Å². The third kappa shape index (κ3) is 5.03. The van der Waals surface area contributed by atoms with E-state index in [9.17, 15) is 19.6 Å². The van der Waals surface area contributed by atoms with Gasteiger partial charge in [-0.15, -0.1) is 0 Å². The van der Waals surface area contributed by atoms with E-state index < -0.39 is 12.0 Å². The van der Waals surface area contributed by atoms with Crippen molar-refractivity contribution in [3.05, 3.63) is 18.6 Å². The molecule has 0 radical (unpaired) electrons. The summed E-state index contributed by atoms with van der Waals surface area (Å²) in [4.78, 5) is 46.2. The van der Waals surface area contributed by atoms with Crippen LogP contribution in [0.25, 0.3) is 0 Å². The van der Waals surface area contributed by atoms with Crippen molar-refractivity contribution in [1.29, 1.82) is 0 Å². The van der Waals surface area contributed by atoms with Crippen LogP contribution in [0.1, 0.15) is 44.9 Å². The Balaban J connectivity index is 1.64. The van der Waals surface area contributed by atoms with Gasteiger partial charge in [-0.2, -0.15) is 0 Å². The van der Waals surface area contributed by atoms with Crippen LogP contribution in [0.3, 0.4) is 0 Å². The number of carbonyl (C=O) groups is 3. The van der Waals surface area contributed by atoms with Crippen LogP contribution in [0.5, 0.6) is 0 Å². The van der Waals surface area contributed by atoms with E-state index in [1.165, 1.54) is 37.9 Å². The third-order valence-corrected chi connectivity index (χ3v) is 5.68. The SMILES string of the molecule is O=CN(O)C[C@@H](CCC1CCC1)C(=O)N1CCC[C@H]1C(=O)Nc1cnccn1. The second-order valence-corrected chi connectivity index (χ2v) is 7.57. The van der Waals surface area contributed by atoms with Gasteiger partial charge in [-0.3, -0.25) is 24.6 Å². The van der Waals surface area contributed by atoms with Gasteiger partial charge in [0.2, 0.25) is 18.2 Å². The first-order valence-corrected chi connectivity index (χ1v) is 9.86. The zero-order chi connectivity index (χ0) is 19.9. The van der Waals surface area contributed by atoms with Crippen molar-refractivity contribution < 1.29 is 19.6 Å². The number of aromatic nitrogens is 2. The summed E-state index contributed by atoms with van der Waals surface area (Å²) in [6, 6.07) is -0.580. The average Bonchev–Trinajstić information content (AvgIpc) is 3.16. The average molecular weight is 389 g/mol. The Labute approximate surface area is 164 Å². The van der Waals surface area contributed by atoms with Crippen molar-refractivity contribution in [3.8, 4) is 0 Å². The topological polar surface area (TPSA) is 116 Å². The Morgan fingerprint density at radius 1 is 1.32 bits per heavy atom. The largest absolute Gasteiger partial charge is 0.330 e. The van der Waals surface area contributed by atoms with Crippen molar-refractivity contribution in [1.82, 2.24) is 19.9 Å². The van der Waals surface area contributed by atoms with Crippen molar-refractivity contribution in [2.45, 2.75) is 51.0 Å². The van der Waals surface area contributed by atoms with E-state index in [1.807, 2.05) is 0 Å². The maximum atomic E-state index is 13.1. The molecule has 28 heavy (non-hydrogen) atoms. The second-order valence-electron chi connectivity index (χ2n) is 7.57. The molecule has 1 aliphatic heterocycles. The molecule has 1 saturated heterocycles. The zero-order valence-corrected chi connectivity index (χ0v) is 15.9. The van der Waals surface area contributed by atoms with Gasteiger partial charge in [0.1, 0.15) is 6.04 Å². The molecule has 0 aromatic carbocycles. The number of hydrogen-bond acceptors (Lipinski definition) is 6. The van der Waals surface area contributed by atoms with Gasteiger partial charge in [0.05, 0.1) is 18.7 Å². The summed E-state index contributed by atoms with van der Waals surface area (Å²) in [6.45, 7) is 0.438. The van der Waals surface area contributed by atoms with Crippen LogP contribution in [0.4, 0.5) is 5.82 Å². The van der Waals surface area contributed by atoms with E-state index in [4.69, 9.17) is 0 Å². The zero-order valence-electron chi connectivity index (χ0n) is 15.9. The number of hydroxylamine groups is 2. The van der Waals surface area contributed by atoms with E-state index in [1.54, 1.807) is 4.90 Å². The highest BCUT2D eigenvalue weighted by molar-refractivity contribution is 5.97. The molecule has 152 valence electrons. The van der Waals surface area contributed by atoms with Gasteiger partial charge < -0.3 is 10.2 Å². The predicted octanol–water partition coefficient (Wildman–Crippen LogP) is 1.45. The fraction of sp³-hybridized carbons (Fsp3) is 0.632. The fourth-order valence-corrected chi connectivity index (χ4v) is 3.89. The van der Waals surface area contributed by atoms with Gasteiger partial charge in [-0.05, 0) is 31.6 Å². The van der Waals surface area contributed by atoms with E-state index in [-0.39, 0.29) is 18.4 Å². The first kappa shape index (κ1) is 20.2. The number of carbonyl (C=O) groups excluding carboxylic acids is 3. The molecule has 9 heteroatoms. The van der Waals surface area contributed by atoms with E-state index in [2.05, 4.69) is 15.3 Å². The quantitative estimate of drug-likeness (QED) is 0.375. The van der Waals surface area contributed by atoms with Gasteiger partial charge >= 0.3 is 0 Å². The molecule has 2 fully saturated rings. The normalized spacial score (nSPS) is 20.3. The minimum absolute atomic E-state index is 0.0515. The highest BCUT2D eigenvalue weighted by Gasteiger charge is 2.38. The number of anilines is 1. The lowest BCUT2D eigenvalue weighted by molar-refractivity contribution is -0.158. The summed E-state index contributed by atoms with van der Waals surface area (Å²) in [5, 5.41) is 12.9. The van der Waals surface area contributed by atoms with Gasteiger partial charge in [-0.25, -0.2) is 10.0 Å². The first-order chi connectivity index (χ1) is 13.6. The molecule has 2 atom stereocenters. The van der Waals surface area contributed by atoms with Crippen molar-refractivity contribution in [3.63, 3.8) is 0 Å². The van der Waals surface area contributed by atoms with Crippen LogP contribution in [-0.4, -0.2) is 62.5 Å². The molecule has 2 N–H and O–H groups in total. The molecule has 0 unspecified atom stereocenters.